The van der Waals surface area contributed by atoms with Crippen LogP contribution in [0.3, 0.4) is 0 Å². The summed E-state index contributed by atoms with van der Waals surface area (Å²) in [5.41, 5.74) is 1.18. The molecule has 1 aromatic heterocycles. The van der Waals surface area contributed by atoms with E-state index in [-0.39, 0.29) is 5.91 Å². The average Bonchev–Trinajstić information content (AvgIpc) is 2.96. The van der Waals surface area contributed by atoms with Gasteiger partial charge >= 0.3 is 0 Å². The minimum atomic E-state index is 0.0372. The van der Waals surface area contributed by atoms with Gasteiger partial charge in [-0.25, -0.2) is 4.98 Å². The molecule has 1 heterocycles. The highest BCUT2D eigenvalue weighted by atomic mass is 32.2. The highest BCUT2D eigenvalue weighted by Gasteiger charge is 2.20. The number of rotatable bonds is 6. The maximum absolute atomic E-state index is 12.1. The molecule has 1 amide bonds. The fraction of sp³-hybridized carbons (Fsp3) is 0.444. The molecule has 128 valence electrons. The second kappa shape index (κ2) is 8.03. The van der Waals surface area contributed by atoms with E-state index in [9.17, 15) is 4.79 Å². The second-order valence-corrected chi connectivity index (χ2v) is 8.31. The number of benzene rings is 1. The maximum atomic E-state index is 12.1. The smallest absolute Gasteiger partial charge is 0.226 e. The molecule has 0 saturated heterocycles. The van der Waals surface area contributed by atoms with Gasteiger partial charge in [-0.05, 0) is 49.4 Å². The van der Waals surface area contributed by atoms with Crippen LogP contribution in [0.2, 0.25) is 0 Å². The van der Waals surface area contributed by atoms with E-state index < -0.39 is 0 Å². The standard InChI is InChI=1S/C18H22N2O2S2/c1-12-3-8-15-16(11-12)24-18(19-15)20-17(21)9-10-23-14-6-4-13(22-2)5-7-14/h4-7,12H,3,8-11H2,1-2H3,(H,19,20,21). The first-order valence-electron chi connectivity index (χ1n) is 8.19. The molecule has 24 heavy (non-hydrogen) atoms. The third-order valence-electron chi connectivity index (χ3n) is 4.09. The number of methoxy groups -OCH3 is 1. The van der Waals surface area contributed by atoms with Crippen molar-refractivity contribution >= 4 is 34.1 Å². The van der Waals surface area contributed by atoms with Gasteiger partial charge < -0.3 is 10.1 Å². The van der Waals surface area contributed by atoms with Crippen molar-refractivity contribution in [3.8, 4) is 5.75 Å². The number of aromatic nitrogens is 1. The van der Waals surface area contributed by atoms with Crippen molar-refractivity contribution in [2.24, 2.45) is 5.92 Å². The summed E-state index contributed by atoms with van der Waals surface area (Å²) in [6.45, 7) is 2.28. The van der Waals surface area contributed by atoms with Gasteiger partial charge in [-0.3, -0.25) is 4.79 Å². The summed E-state index contributed by atoms with van der Waals surface area (Å²) in [4.78, 5) is 19.2. The Balaban J connectivity index is 1.45. The van der Waals surface area contributed by atoms with Crippen LogP contribution in [0.4, 0.5) is 5.13 Å². The summed E-state index contributed by atoms with van der Waals surface area (Å²) in [7, 11) is 1.66. The van der Waals surface area contributed by atoms with Gasteiger partial charge in [-0.15, -0.1) is 23.1 Å². The quantitative estimate of drug-likeness (QED) is 0.774. The second-order valence-electron chi connectivity index (χ2n) is 6.06. The molecule has 1 unspecified atom stereocenters. The molecule has 0 spiro atoms. The third-order valence-corrected chi connectivity index (χ3v) is 6.14. The zero-order chi connectivity index (χ0) is 16.9. The summed E-state index contributed by atoms with van der Waals surface area (Å²) in [5.74, 6) is 2.36. The van der Waals surface area contributed by atoms with Crippen LogP contribution in [0.15, 0.2) is 29.2 Å². The van der Waals surface area contributed by atoms with E-state index in [1.807, 2.05) is 24.3 Å². The Morgan fingerprint density at radius 3 is 2.96 bits per heavy atom. The minimum absolute atomic E-state index is 0.0372. The average molecular weight is 363 g/mol. The van der Waals surface area contributed by atoms with E-state index in [1.54, 1.807) is 30.2 Å². The molecule has 0 fully saturated rings. The Morgan fingerprint density at radius 1 is 1.42 bits per heavy atom. The normalized spacial score (nSPS) is 16.5. The predicted octanol–water partition coefficient (Wildman–Crippen LogP) is 4.40. The van der Waals surface area contributed by atoms with Crippen LogP contribution in [0.1, 0.15) is 30.3 Å². The van der Waals surface area contributed by atoms with Crippen LogP contribution in [0.25, 0.3) is 0 Å². The Hall–Kier alpha value is -1.53. The Labute approximate surface area is 151 Å². The molecule has 4 nitrogen and oxygen atoms in total. The van der Waals surface area contributed by atoms with Crippen molar-refractivity contribution in [2.75, 3.05) is 18.2 Å². The SMILES string of the molecule is COc1ccc(SCCC(=O)Nc2nc3c(s2)CC(C)CC3)cc1. The number of hydrogen-bond acceptors (Lipinski definition) is 5. The number of thioether (sulfide) groups is 1. The summed E-state index contributed by atoms with van der Waals surface area (Å²) in [6.07, 6.45) is 3.81. The first-order valence-corrected chi connectivity index (χ1v) is 9.99. The molecule has 0 bridgehead atoms. The molecule has 1 atom stereocenters. The van der Waals surface area contributed by atoms with Gasteiger partial charge in [0.15, 0.2) is 5.13 Å². The van der Waals surface area contributed by atoms with Crippen LogP contribution >= 0.6 is 23.1 Å². The summed E-state index contributed by atoms with van der Waals surface area (Å²) in [6, 6.07) is 7.89. The number of thiazole rings is 1. The van der Waals surface area contributed by atoms with Crippen LogP contribution < -0.4 is 10.1 Å². The first kappa shape index (κ1) is 17.3. The highest BCUT2D eigenvalue weighted by molar-refractivity contribution is 7.99. The molecular formula is C18H22N2O2S2. The molecule has 0 aliphatic heterocycles. The lowest BCUT2D eigenvalue weighted by atomic mass is 9.93. The molecule has 0 saturated carbocycles. The molecule has 2 aromatic rings. The van der Waals surface area contributed by atoms with E-state index in [0.29, 0.717) is 6.42 Å². The lowest BCUT2D eigenvalue weighted by Crippen LogP contribution is -2.12. The van der Waals surface area contributed by atoms with Crippen molar-refractivity contribution < 1.29 is 9.53 Å². The molecule has 6 heteroatoms. The maximum Gasteiger partial charge on any atom is 0.226 e. The fourth-order valence-corrected chi connectivity index (χ4v) is 4.75. The van der Waals surface area contributed by atoms with E-state index in [0.717, 1.165) is 40.3 Å². The summed E-state index contributed by atoms with van der Waals surface area (Å²) < 4.78 is 5.14. The number of nitrogens with zero attached hydrogens (tertiary/aromatic N) is 1. The van der Waals surface area contributed by atoms with Gasteiger partial charge in [0.2, 0.25) is 5.91 Å². The van der Waals surface area contributed by atoms with Crippen molar-refractivity contribution in [3.63, 3.8) is 0 Å². The summed E-state index contributed by atoms with van der Waals surface area (Å²) >= 11 is 3.31. The van der Waals surface area contributed by atoms with E-state index in [2.05, 4.69) is 17.2 Å². The van der Waals surface area contributed by atoms with Crippen molar-refractivity contribution in [1.29, 1.82) is 0 Å². The fourth-order valence-electron chi connectivity index (χ4n) is 2.71. The van der Waals surface area contributed by atoms with Crippen LogP contribution in [0.5, 0.6) is 5.75 Å². The molecule has 1 N–H and O–H groups in total. The lowest BCUT2D eigenvalue weighted by Gasteiger charge is -2.15. The molecule has 3 rings (SSSR count). The Bertz CT molecular complexity index is 698. The molecular weight excluding hydrogens is 340 g/mol. The van der Waals surface area contributed by atoms with Crippen molar-refractivity contribution in [2.45, 2.75) is 37.5 Å². The molecule has 1 aliphatic carbocycles. The van der Waals surface area contributed by atoms with Crippen LogP contribution in [-0.2, 0) is 17.6 Å². The van der Waals surface area contributed by atoms with Gasteiger partial charge in [0, 0.05) is 21.9 Å². The predicted molar refractivity (Wildman–Crippen MR) is 100 cm³/mol. The zero-order valence-electron chi connectivity index (χ0n) is 14.0. The number of carbonyl (C=O) groups is 1. The number of carbonyl (C=O) groups excluding carboxylic acids is 1. The number of nitrogens with one attached hydrogen (secondary N) is 1. The number of ether oxygens (including phenoxy) is 1. The topological polar surface area (TPSA) is 51.2 Å². The zero-order valence-corrected chi connectivity index (χ0v) is 15.6. The van der Waals surface area contributed by atoms with E-state index in [1.165, 1.54) is 17.0 Å². The van der Waals surface area contributed by atoms with E-state index >= 15 is 0 Å². The number of hydrogen-bond donors (Lipinski definition) is 1. The van der Waals surface area contributed by atoms with Gasteiger partial charge in [0.05, 0.1) is 12.8 Å². The highest BCUT2D eigenvalue weighted by Crippen LogP contribution is 2.32. The number of aryl methyl sites for hydroxylation is 1. The minimum Gasteiger partial charge on any atom is -0.497 e. The largest absolute Gasteiger partial charge is 0.497 e. The molecule has 0 radical (unpaired) electrons. The Morgan fingerprint density at radius 2 is 2.21 bits per heavy atom. The van der Waals surface area contributed by atoms with Gasteiger partial charge in [0.1, 0.15) is 5.75 Å². The number of amides is 1. The van der Waals surface area contributed by atoms with Crippen LogP contribution in [-0.4, -0.2) is 23.8 Å². The van der Waals surface area contributed by atoms with Gasteiger partial charge in [0.25, 0.3) is 0 Å². The third kappa shape index (κ3) is 4.51. The van der Waals surface area contributed by atoms with E-state index in [4.69, 9.17) is 4.74 Å². The Kier molecular flexibility index (Phi) is 5.79. The number of fused-ring (bicyclic) bond motifs is 1. The summed E-state index contributed by atoms with van der Waals surface area (Å²) in [5, 5.41) is 3.71. The number of anilines is 1. The van der Waals surface area contributed by atoms with Crippen molar-refractivity contribution in [3.05, 3.63) is 34.8 Å². The van der Waals surface area contributed by atoms with Crippen molar-refractivity contribution in [1.82, 2.24) is 4.98 Å². The van der Waals surface area contributed by atoms with Gasteiger partial charge in [-0.2, -0.15) is 0 Å². The van der Waals surface area contributed by atoms with Gasteiger partial charge in [-0.1, -0.05) is 6.92 Å². The monoisotopic (exact) mass is 362 g/mol. The molecule has 1 aromatic carbocycles. The first-order chi connectivity index (χ1) is 11.6. The lowest BCUT2D eigenvalue weighted by molar-refractivity contribution is -0.115. The van der Waals surface area contributed by atoms with Crippen LogP contribution in [0, 0.1) is 5.92 Å². The molecule has 1 aliphatic rings.